The maximum atomic E-state index is 11.3. The molecule has 0 radical (unpaired) electrons. The zero-order chi connectivity index (χ0) is 12.7. The maximum Gasteiger partial charge on any atom is 0.411 e. The standard InChI is InChI=1S/C10H9BrClNO2S2/c1-2-5-15-10(14)13-7-3-4-8(11)9(6-7)16-17-12/h2-4,6H,1,5H2,(H,13,14). The molecule has 0 bridgehead atoms. The Balaban J connectivity index is 2.68. The van der Waals surface area contributed by atoms with Crippen molar-refractivity contribution >= 4 is 59.2 Å². The van der Waals surface area contributed by atoms with Gasteiger partial charge in [0.1, 0.15) is 6.61 Å². The van der Waals surface area contributed by atoms with Gasteiger partial charge in [0.15, 0.2) is 0 Å². The number of benzene rings is 1. The van der Waals surface area contributed by atoms with E-state index in [-0.39, 0.29) is 6.61 Å². The monoisotopic (exact) mass is 353 g/mol. The lowest BCUT2D eigenvalue weighted by Gasteiger charge is -2.07. The molecule has 3 nitrogen and oxygen atoms in total. The zero-order valence-electron chi connectivity index (χ0n) is 8.61. The first-order valence-electron chi connectivity index (χ1n) is 4.47. The molecule has 0 aliphatic heterocycles. The molecule has 0 fully saturated rings. The zero-order valence-corrected chi connectivity index (χ0v) is 12.6. The molecule has 92 valence electrons. The number of nitrogens with one attached hydrogen (secondary N) is 1. The molecule has 1 rings (SSSR count). The van der Waals surface area contributed by atoms with Gasteiger partial charge < -0.3 is 4.74 Å². The Morgan fingerprint density at radius 3 is 3.06 bits per heavy atom. The maximum absolute atomic E-state index is 11.3. The van der Waals surface area contributed by atoms with Gasteiger partial charge in [-0.2, -0.15) is 0 Å². The van der Waals surface area contributed by atoms with E-state index in [0.717, 1.165) is 19.4 Å². The predicted octanol–water partition coefficient (Wildman–Crippen LogP) is 5.08. The third-order valence-corrected chi connectivity index (χ3v) is 4.46. The van der Waals surface area contributed by atoms with Crippen LogP contribution in [0.1, 0.15) is 0 Å². The van der Waals surface area contributed by atoms with Gasteiger partial charge >= 0.3 is 6.09 Å². The van der Waals surface area contributed by atoms with Crippen LogP contribution in [0.3, 0.4) is 0 Å². The van der Waals surface area contributed by atoms with Crippen LogP contribution in [-0.2, 0) is 4.74 Å². The Morgan fingerprint density at radius 2 is 2.41 bits per heavy atom. The molecule has 0 aliphatic carbocycles. The summed E-state index contributed by atoms with van der Waals surface area (Å²) in [6.45, 7) is 3.64. The molecule has 17 heavy (non-hydrogen) atoms. The normalized spacial score (nSPS) is 9.76. The summed E-state index contributed by atoms with van der Waals surface area (Å²) >= 11 is 3.39. The fraction of sp³-hybridized carbons (Fsp3) is 0.100. The molecule has 0 spiro atoms. The average Bonchev–Trinajstić information content (AvgIpc) is 2.31. The predicted molar refractivity (Wildman–Crippen MR) is 78.6 cm³/mol. The Labute approximate surface area is 120 Å². The molecule has 0 aromatic heterocycles. The second-order valence-electron chi connectivity index (χ2n) is 2.80. The van der Waals surface area contributed by atoms with E-state index in [1.54, 1.807) is 12.1 Å². The molecule has 0 atom stereocenters. The van der Waals surface area contributed by atoms with Crippen LogP contribution in [0.5, 0.6) is 0 Å². The van der Waals surface area contributed by atoms with Crippen molar-refractivity contribution in [3.63, 3.8) is 0 Å². The second-order valence-corrected chi connectivity index (χ2v) is 6.40. The largest absolute Gasteiger partial charge is 0.445 e. The van der Waals surface area contributed by atoms with Crippen molar-refractivity contribution in [3.05, 3.63) is 35.3 Å². The summed E-state index contributed by atoms with van der Waals surface area (Å²) in [7, 11) is 8.07. The van der Waals surface area contributed by atoms with E-state index in [1.165, 1.54) is 16.9 Å². The lowest BCUT2D eigenvalue weighted by Crippen LogP contribution is -2.13. The Morgan fingerprint density at radius 1 is 1.65 bits per heavy atom. The summed E-state index contributed by atoms with van der Waals surface area (Å²) in [5, 5.41) is 2.61. The molecule has 0 unspecified atom stereocenters. The average molecular weight is 355 g/mol. The second kappa shape index (κ2) is 7.92. The number of anilines is 1. The van der Waals surface area contributed by atoms with E-state index in [2.05, 4.69) is 27.8 Å². The van der Waals surface area contributed by atoms with Crippen LogP contribution in [0.2, 0.25) is 0 Å². The Bertz CT molecular complexity index is 417. The molecule has 1 aromatic rings. The Hall–Kier alpha value is -0.300. The molecular weight excluding hydrogens is 346 g/mol. The highest BCUT2D eigenvalue weighted by atomic mass is 79.9. The number of carbonyl (C=O) groups excluding carboxylic acids is 1. The van der Waals surface area contributed by atoms with Crippen molar-refractivity contribution in [2.45, 2.75) is 4.90 Å². The van der Waals surface area contributed by atoms with Crippen LogP contribution >= 0.6 is 47.4 Å². The highest BCUT2D eigenvalue weighted by Crippen LogP contribution is 2.39. The van der Waals surface area contributed by atoms with Crippen LogP contribution < -0.4 is 5.32 Å². The number of amides is 1. The molecule has 0 saturated heterocycles. The Kier molecular flexibility index (Phi) is 6.87. The number of rotatable bonds is 5. The van der Waals surface area contributed by atoms with Crippen molar-refractivity contribution in [1.82, 2.24) is 0 Å². The molecule has 0 saturated carbocycles. The smallest absolute Gasteiger partial charge is 0.411 e. The fourth-order valence-electron chi connectivity index (χ4n) is 0.967. The molecule has 1 aromatic carbocycles. The van der Waals surface area contributed by atoms with E-state index in [1.807, 2.05) is 6.07 Å². The SMILES string of the molecule is C=CCOC(=O)Nc1ccc(Br)c(SSCl)c1. The summed E-state index contributed by atoms with van der Waals surface area (Å²) in [4.78, 5) is 12.2. The van der Waals surface area contributed by atoms with Gasteiger partial charge in [0, 0.05) is 25.1 Å². The number of hydrogen-bond donors (Lipinski definition) is 1. The van der Waals surface area contributed by atoms with Crippen molar-refractivity contribution in [1.29, 1.82) is 0 Å². The lowest BCUT2D eigenvalue weighted by molar-refractivity contribution is 0.174. The van der Waals surface area contributed by atoms with Crippen molar-refractivity contribution in [2.24, 2.45) is 0 Å². The minimum atomic E-state index is -0.512. The number of carbonyl (C=O) groups is 1. The number of halogens is 2. The van der Waals surface area contributed by atoms with Gasteiger partial charge in [0.2, 0.25) is 0 Å². The first kappa shape index (κ1) is 14.8. The van der Waals surface area contributed by atoms with Gasteiger partial charge in [-0.25, -0.2) is 4.79 Å². The molecule has 0 heterocycles. The summed E-state index contributed by atoms with van der Waals surface area (Å²) < 4.78 is 5.72. The van der Waals surface area contributed by atoms with Crippen molar-refractivity contribution in [3.8, 4) is 0 Å². The van der Waals surface area contributed by atoms with E-state index < -0.39 is 6.09 Å². The lowest BCUT2D eigenvalue weighted by atomic mass is 10.3. The minimum absolute atomic E-state index is 0.182. The fourth-order valence-corrected chi connectivity index (χ4v) is 3.40. The van der Waals surface area contributed by atoms with Crippen molar-refractivity contribution in [2.75, 3.05) is 11.9 Å². The summed E-state index contributed by atoms with van der Waals surface area (Å²) in [6, 6.07) is 5.40. The highest BCUT2D eigenvalue weighted by Gasteiger charge is 2.06. The topological polar surface area (TPSA) is 38.3 Å². The summed E-state index contributed by atoms with van der Waals surface area (Å²) in [6.07, 6.45) is 0.994. The van der Waals surface area contributed by atoms with E-state index in [9.17, 15) is 4.79 Å². The molecule has 1 N–H and O–H groups in total. The molecule has 1 amide bonds. The van der Waals surface area contributed by atoms with Gasteiger partial charge in [-0.15, -0.1) is 0 Å². The minimum Gasteiger partial charge on any atom is -0.445 e. The number of hydrogen-bond acceptors (Lipinski definition) is 4. The highest BCUT2D eigenvalue weighted by molar-refractivity contribution is 9.10. The third-order valence-electron chi connectivity index (χ3n) is 1.63. The van der Waals surface area contributed by atoms with E-state index in [4.69, 9.17) is 15.4 Å². The molecule has 7 heteroatoms. The number of ether oxygens (including phenoxy) is 1. The van der Waals surface area contributed by atoms with Gasteiger partial charge in [0.05, 0.1) is 0 Å². The van der Waals surface area contributed by atoms with Gasteiger partial charge in [-0.1, -0.05) is 12.7 Å². The quantitative estimate of drug-likeness (QED) is 0.591. The first-order valence-corrected chi connectivity index (χ1v) is 8.23. The van der Waals surface area contributed by atoms with Gasteiger partial charge in [0.25, 0.3) is 0 Å². The van der Waals surface area contributed by atoms with Gasteiger partial charge in [-0.05, 0) is 55.6 Å². The van der Waals surface area contributed by atoms with Crippen LogP contribution in [0.4, 0.5) is 10.5 Å². The summed E-state index contributed by atoms with van der Waals surface area (Å²) in [5.41, 5.74) is 0.649. The summed E-state index contributed by atoms with van der Waals surface area (Å²) in [5.74, 6) is 0. The van der Waals surface area contributed by atoms with Crippen LogP contribution in [0.15, 0.2) is 40.2 Å². The first-order chi connectivity index (χ1) is 8.17. The van der Waals surface area contributed by atoms with Crippen molar-refractivity contribution < 1.29 is 9.53 Å². The third kappa shape index (κ3) is 5.25. The van der Waals surface area contributed by atoms with Crippen LogP contribution in [0.25, 0.3) is 0 Å². The molecular formula is C10H9BrClNO2S2. The van der Waals surface area contributed by atoms with Gasteiger partial charge in [-0.3, -0.25) is 5.32 Å². The van der Waals surface area contributed by atoms with E-state index >= 15 is 0 Å². The van der Waals surface area contributed by atoms with Crippen LogP contribution in [-0.4, -0.2) is 12.7 Å². The van der Waals surface area contributed by atoms with E-state index in [0.29, 0.717) is 5.69 Å². The van der Waals surface area contributed by atoms with Crippen LogP contribution in [0, 0.1) is 0 Å². The molecule has 0 aliphatic rings.